The monoisotopic (exact) mass is 851 g/mol. The molecular weight excluding hydrogens is 806 g/mol. The van der Waals surface area contributed by atoms with E-state index in [0.717, 1.165) is 33.2 Å². The SMILES string of the molecule is Cc1sc2c(c1C)C(c1ccc(Cl)cc1)=N[C@@H](CC(=O)CN1CCN(C(=O)CCCCC(=O)Nc3cccc4c3CN(C3CCC(=O)NC3=O)C4=O)CC1)c1nnc(C)n1-2. The highest BCUT2D eigenvalue weighted by atomic mass is 35.5. The van der Waals surface area contributed by atoms with E-state index in [1.165, 1.54) is 9.78 Å². The number of aryl methyl sites for hydroxylation is 2. The lowest BCUT2D eigenvalue weighted by Gasteiger charge is -2.34. The van der Waals surface area contributed by atoms with Crippen LogP contribution in [0.25, 0.3) is 5.00 Å². The van der Waals surface area contributed by atoms with Gasteiger partial charge in [-0.1, -0.05) is 29.8 Å². The number of amides is 5. The number of fused-ring (bicyclic) bond motifs is 4. The van der Waals surface area contributed by atoms with Crippen LogP contribution < -0.4 is 10.6 Å². The second-order valence-electron chi connectivity index (χ2n) is 15.8. The summed E-state index contributed by atoms with van der Waals surface area (Å²) in [5.74, 6) is 0.0424. The summed E-state index contributed by atoms with van der Waals surface area (Å²) in [4.78, 5) is 88.7. The summed E-state index contributed by atoms with van der Waals surface area (Å²) in [5, 5.41) is 15.8. The normalized spacial score (nSPS) is 19.0. The first-order valence-electron chi connectivity index (χ1n) is 20.3. The van der Waals surface area contributed by atoms with Crippen LogP contribution >= 0.6 is 22.9 Å². The molecule has 2 aromatic carbocycles. The van der Waals surface area contributed by atoms with Crippen molar-refractivity contribution in [3.63, 3.8) is 0 Å². The molecule has 5 amide bonds. The predicted molar refractivity (Wildman–Crippen MR) is 226 cm³/mol. The van der Waals surface area contributed by atoms with Gasteiger partial charge in [0.2, 0.25) is 23.6 Å². The molecule has 0 aliphatic carbocycles. The number of carbonyl (C=O) groups is 6. The summed E-state index contributed by atoms with van der Waals surface area (Å²) in [7, 11) is 0. The van der Waals surface area contributed by atoms with Gasteiger partial charge < -0.3 is 15.1 Å². The lowest BCUT2D eigenvalue weighted by Crippen LogP contribution is -2.52. The number of aliphatic imine (C=N–C) groups is 1. The Bertz CT molecular complexity index is 2430. The number of hydrogen-bond donors (Lipinski definition) is 2. The van der Waals surface area contributed by atoms with Crippen molar-refractivity contribution in [3.8, 4) is 5.00 Å². The smallest absolute Gasteiger partial charge is 0.255 e. The van der Waals surface area contributed by atoms with Crippen molar-refractivity contribution < 1.29 is 28.8 Å². The molecule has 1 unspecified atom stereocenters. The Hall–Kier alpha value is -5.58. The van der Waals surface area contributed by atoms with Crippen molar-refractivity contribution in [2.45, 2.75) is 84.3 Å². The number of benzene rings is 2. The molecule has 2 aromatic heterocycles. The zero-order chi connectivity index (χ0) is 42.2. The van der Waals surface area contributed by atoms with Crippen molar-refractivity contribution >= 4 is 69.7 Å². The molecule has 6 heterocycles. The molecule has 4 aromatic rings. The van der Waals surface area contributed by atoms with Gasteiger partial charge in [0.1, 0.15) is 28.7 Å². The van der Waals surface area contributed by atoms with Gasteiger partial charge in [-0.3, -0.25) is 48.5 Å². The van der Waals surface area contributed by atoms with Gasteiger partial charge in [0, 0.05) is 96.2 Å². The fourth-order valence-electron chi connectivity index (χ4n) is 8.45. The van der Waals surface area contributed by atoms with E-state index >= 15 is 0 Å². The standard InChI is InChI=1S/C43H46ClN9O6S/c1-24-25(2)60-43-38(24)39(27-11-13-28(44)14-12-27)46-33(40-49-48-26(3)53(40)43)21-29(54)22-50-17-19-51(20-18-50)37(57)10-5-4-9-35(55)45-32-8-6-7-30-31(32)23-52(42(30)59)34-15-16-36(56)47-41(34)58/h6-8,11-14,33-34H,4-5,9-10,15-23H2,1-3H3,(H,45,55)(H,47,56,58)/t33-,34?/m0/s1. The Morgan fingerprint density at radius 1 is 0.950 bits per heavy atom. The average molecular weight is 852 g/mol. The maximum atomic E-state index is 13.7. The number of thiophene rings is 1. The molecule has 4 aliphatic rings. The number of Topliss-reactive ketones (excluding diaryl/α,β-unsaturated/α-hetero) is 1. The van der Waals surface area contributed by atoms with Crippen LogP contribution in [0.3, 0.4) is 0 Å². The zero-order valence-corrected chi connectivity index (χ0v) is 35.3. The van der Waals surface area contributed by atoms with Crippen LogP contribution in [0.5, 0.6) is 0 Å². The second-order valence-corrected chi connectivity index (χ2v) is 17.4. The summed E-state index contributed by atoms with van der Waals surface area (Å²) in [5.41, 5.74) is 5.43. The number of unbranched alkanes of at least 4 members (excludes halogenated alkanes) is 1. The Morgan fingerprint density at radius 3 is 2.45 bits per heavy atom. The number of piperidine rings is 1. The van der Waals surface area contributed by atoms with Crippen LogP contribution in [-0.2, 0) is 30.5 Å². The summed E-state index contributed by atoms with van der Waals surface area (Å²) >= 11 is 7.91. The predicted octanol–water partition coefficient (Wildman–Crippen LogP) is 4.86. The second kappa shape index (κ2) is 17.2. The van der Waals surface area contributed by atoms with Crippen LogP contribution in [0.15, 0.2) is 47.5 Å². The van der Waals surface area contributed by atoms with Crippen molar-refractivity contribution in [1.29, 1.82) is 0 Å². The molecule has 2 fully saturated rings. The summed E-state index contributed by atoms with van der Waals surface area (Å²) < 4.78 is 2.04. The molecule has 2 N–H and O–H groups in total. The third kappa shape index (κ3) is 8.27. The largest absolute Gasteiger partial charge is 0.340 e. The van der Waals surface area contributed by atoms with E-state index in [9.17, 15) is 28.8 Å². The fraction of sp³-hybridized carbons (Fsp3) is 0.419. The van der Waals surface area contributed by atoms with Crippen molar-refractivity contribution in [2.75, 3.05) is 38.0 Å². The molecule has 0 saturated carbocycles. The Morgan fingerprint density at radius 2 is 1.70 bits per heavy atom. The third-order valence-electron chi connectivity index (χ3n) is 11.8. The molecule has 4 aliphatic heterocycles. The molecule has 0 spiro atoms. The number of nitrogens with one attached hydrogen (secondary N) is 2. The van der Waals surface area contributed by atoms with Gasteiger partial charge in [-0.05, 0) is 69.9 Å². The van der Waals surface area contributed by atoms with E-state index < -0.39 is 18.0 Å². The van der Waals surface area contributed by atoms with Crippen molar-refractivity contribution in [2.24, 2.45) is 4.99 Å². The molecule has 17 heteroatoms. The number of piperazine rings is 1. The molecule has 0 radical (unpaired) electrons. The highest BCUT2D eigenvalue weighted by molar-refractivity contribution is 7.15. The minimum absolute atomic E-state index is 0.0181. The van der Waals surface area contributed by atoms with E-state index in [0.29, 0.717) is 73.1 Å². The molecule has 0 bridgehead atoms. The van der Waals surface area contributed by atoms with Crippen molar-refractivity contribution in [3.05, 3.63) is 91.8 Å². The van der Waals surface area contributed by atoms with Gasteiger partial charge in [0.25, 0.3) is 5.91 Å². The van der Waals surface area contributed by atoms with E-state index in [4.69, 9.17) is 16.6 Å². The number of hydrogen-bond acceptors (Lipinski definition) is 11. The van der Waals surface area contributed by atoms with Crippen molar-refractivity contribution in [1.82, 2.24) is 34.8 Å². The first-order valence-corrected chi connectivity index (χ1v) is 21.5. The number of nitrogens with zero attached hydrogens (tertiary/aromatic N) is 7. The minimum atomic E-state index is -0.740. The number of anilines is 1. The van der Waals surface area contributed by atoms with Gasteiger partial charge in [-0.25, -0.2) is 0 Å². The molecule has 15 nitrogen and oxygen atoms in total. The van der Waals surface area contributed by atoms with Gasteiger partial charge in [0.05, 0.1) is 12.3 Å². The number of halogens is 1. The number of ketones is 1. The van der Waals surface area contributed by atoms with Crippen LogP contribution in [0.1, 0.15) is 100 Å². The number of aromatic nitrogens is 3. The van der Waals surface area contributed by atoms with Crippen LogP contribution in [-0.4, -0.2) is 109 Å². The topological polar surface area (TPSA) is 179 Å². The first kappa shape index (κ1) is 41.2. The Kier molecular flexibility index (Phi) is 11.8. The Balaban J connectivity index is 0.808. The number of imide groups is 1. The first-order chi connectivity index (χ1) is 28.9. The summed E-state index contributed by atoms with van der Waals surface area (Å²) in [6, 6.07) is 11.4. The van der Waals surface area contributed by atoms with E-state index in [1.807, 2.05) is 40.7 Å². The molecule has 2 saturated heterocycles. The van der Waals surface area contributed by atoms with Crippen LogP contribution in [0, 0.1) is 20.8 Å². The highest BCUT2D eigenvalue weighted by Gasteiger charge is 2.40. The van der Waals surface area contributed by atoms with Gasteiger partial charge in [-0.15, -0.1) is 21.5 Å². The Labute approximate surface area is 356 Å². The van der Waals surface area contributed by atoms with Gasteiger partial charge in [-0.2, -0.15) is 0 Å². The number of carbonyl (C=O) groups excluding carboxylic acids is 6. The quantitative estimate of drug-likeness (QED) is 0.149. The van der Waals surface area contributed by atoms with E-state index in [1.54, 1.807) is 29.5 Å². The maximum Gasteiger partial charge on any atom is 0.255 e. The minimum Gasteiger partial charge on any atom is -0.340 e. The lowest BCUT2D eigenvalue weighted by atomic mass is 9.99. The molecular formula is C43H46ClN9O6S. The van der Waals surface area contributed by atoms with Crippen LogP contribution in [0.2, 0.25) is 5.02 Å². The molecule has 60 heavy (non-hydrogen) atoms. The summed E-state index contributed by atoms with van der Waals surface area (Å²) in [6.45, 7) is 8.65. The van der Waals surface area contributed by atoms with Crippen LogP contribution in [0.4, 0.5) is 5.69 Å². The fourth-order valence-corrected chi connectivity index (χ4v) is 9.79. The third-order valence-corrected chi connectivity index (χ3v) is 13.2. The van der Waals surface area contributed by atoms with E-state index in [-0.39, 0.29) is 68.2 Å². The molecule has 8 rings (SSSR count). The summed E-state index contributed by atoms with van der Waals surface area (Å²) in [6.07, 6.45) is 2.12. The molecule has 2 atom stereocenters. The average Bonchev–Trinajstić information content (AvgIpc) is 3.84. The van der Waals surface area contributed by atoms with E-state index in [2.05, 4.69) is 39.6 Å². The molecule has 312 valence electrons. The van der Waals surface area contributed by atoms with Gasteiger partial charge >= 0.3 is 0 Å². The van der Waals surface area contributed by atoms with Gasteiger partial charge in [0.15, 0.2) is 5.82 Å². The zero-order valence-electron chi connectivity index (χ0n) is 33.8. The maximum absolute atomic E-state index is 13.7. The number of rotatable bonds is 12. The highest BCUT2D eigenvalue weighted by Crippen LogP contribution is 2.40. The lowest BCUT2D eigenvalue weighted by molar-refractivity contribution is -0.137.